The third-order valence-electron chi connectivity index (χ3n) is 2.37. The van der Waals surface area contributed by atoms with E-state index in [0.717, 1.165) is 25.5 Å². The summed E-state index contributed by atoms with van der Waals surface area (Å²) in [4.78, 5) is 7.90. The lowest BCUT2D eigenvalue weighted by molar-refractivity contribution is 0.614. The van der Waals surface area contributed by atoms with Gasteiger partial charge in [-0.25, -0.2) is 9.97 Å². The molecule has 4 nitrogen and oxygen atoms in total. The molecule has 0 aliphatic carbocycles. The van der Waals surface area contributed by atoms with E-state index in [-0.39, 0.29) is 0 Å². The molecular weight excluding hydrogens is 200 g/mol. The van der Waals surface area contributed by atoms with Crippen molar-refractivity contribution in [3.8, 4) is 0 Å². The van der Waals surface area contributed by atoms with Crippen LogP contribution in [0.5, 0.6) is 0 Å². The highest BCUT2D eigenvalue weighted by molar-refractivity contribution is 6.29. The van der Waals surface area contributed by atoms with Crippen molar-refractivity contribution in [2.45, 2.75) is 6.42 Å². The van der Waals surface area contributed by atoms with Gasteiger partial charge in [0.2, 0.25) is 0 Å². The molecule has 2 heterocycles. The molecule has 0 aromatic carbocycles. The Bertz CT molecular complexity index is 299. The zero-order valence-electron chi connectivity index (χ0n) is 7.83. The molecule has 1 atom stereocenters. The summed E-state index contributed by atoms with van der Waals surface area (Å²) < 4.78 is 0. The van der Waals surface area contributed by atoms with E-state index >= 15 is 0 Å². The second kappa shape index (κ2) is 4.57. The number of nitrogens with zero attached hydrogens (tertiary/aromatic N) is 2. The van der Waals surface area contributed by atoms with Gasteiger partial charge in [0.1, 0.15) is 17.3 Å². The van der Waals surface area contributed by atoms with E-state index in [0.29, 0.717) is 11.1 Å². The van der Waals surface area contributed by atoms with Crippen LogP contribution in [0.25, 0.3) is 0 Å². The van der Waals surface area contributed by atoms with Crippen LogP contribution in [0.4, 0.5) is 5.82 Å². The third kappa shape index (κ3) is 2.56. The third-order valence-corrected chi connectivity index (χ3v) is 2.57. The molecule has 1 aliphatic heterocycles. The Morgan fingerprint density at radius 3 is 3.21 bits per heavy atom. The van der Waals surface area contributed by atoms with E-state index in [1.165, 1.54) is 12.7 Å². The molecule has 1 aromatic heterocycles. The highest BCUT2D eigenvalue weighted by Gasteiger charge is 2.13. The molecule has 1 aliphatic rings. The van der Waals surface area contributed by atoms with Crippen molar-refractivity contribution in [3.63, 3.8) is 0 Å². The van der Waals surface area contributed by atoms with E-state index in [2.05, 4.69) is 20.6 Å². The zero-order valence-corrected chi connectivity index (χ0v) is 8.59. The number of rotatable bonds is 3. The summed E-state index contributed by atoms with van der Waals surface area (Å²) in [5.41, 5.74) is 0. The van der Waals surface area contributed by atoms with Gasteiger partial charge in [-0.1, -0.05) is 11.6 Å². The van der Waals surface area contributed by atoms with Crippen LogP contribution >= 0.6 is 11.6 Å². The quantitative estimate of drug-likeness (QED) is 0.739. The van der Waals surface area contributed by atoms with E-state index in [4.69, 9.17) is 11.6 Å². The van der Waals surface area contributed by atoms with Gasteiger partial charge in [0.15, 0.2) is 0 Å². The van der Waals surface area contributed by atoms with E-state index in [1.54, 1.807) is 6.07 Å². The van der Waals surface area contributed by atoms with Crippen molar-refractivity contribution in [1.82, 2.24) is 15.3 Å². The number of hydrogen-bond acceptors (Lipinski definition) is 4. The Morgan fingerprint density at radius 1 is 1.57 bits per heavy atom. The van der Waals surface area contributed by atoms with E-state index < -0.39 is 0 Å². The Hall–Kier alpha value is -0.870. The molecule has 0 unspecified atom stereocenters. The number of halogens is 1. The number of aromatic nitrogens is 2. The molecule has 0 saturated carbocycles. The fourth-order valence-corrected chi connectivity index (χ4v) is 1.71. The Balaban J connectivity index is 1.85. The van der Waals surface area contributed by atoms with Crippen LogP contribution in [-0.2, 0) is 0 Å². The van der Waals surface area contributed by atoms with Crippen molar-refractivity contribution >= 4 is 17.4 Å². The van der Waals surface area contributed by atoms with Gasteiger partial charge in [0.25, 0.3) is 0 Å². The van der Waals surface area contributed by atoms with Crippen LogP contribution in [-0.4, -0.2) is 29.6 Å². The maximum absolute atomic E-state index is 5.74. The first-order chi connectivity index (χ1) is 6.84. The van der Waals surface area contributed by atoms with Gasteiger partial charge in [0, 0.05) is 12.6 Å². The predicted octanol–water partition coefficient (Wildman–Crippen LogP) is 1.15. The molecule has 5 heteroatoms. The fourth-order valence-electron chi connectivity index (χ4n) is 1.57. The first-order valence-electron chi connectivity index (χ1n) is 4.77. The van der Waals surface area contributed by atoms with Crippen molar-refractivity contribution in [2.24, 2.45) is 5.92 Å². The first kappa shape index (κ1) is 9.68. The van der Waals surface area contributed by atoms with Crippen molar-refractivity contribution in [3.05, 3.63) is 17.5 Å². The highest BCUT2D eigenvalue weighted by Crippen LogP contribution is 2.11. The maximum Gasteiger partial charge on any atom is 0.134 e. The molecule has 14 heavy (non-hydrogen) atoms. The monoisotopic (exact) mass is 212 g/mol. The van der Waals surface area contributed by atoms with Crippen molar-refractivity contribution < 1.29 is 0 Å². The zero-order chi connectivity index (χ0) is 9.80. The van der Waals surface area contributed by atoms with Gasteiger partial charge in [-0.2, -0.15) is 0 Å². The van der Waals surface area contributed by atoms with Gasteiger partial charge in [-0.3, -0.25) is 0 Å². The smallest absolute Gasteiger partial charge is 0.134 e. The molecule has 0 spiro atoms. The summed E-state index contributed by atoms with van der Waals surface area (Å²) in [6.45, 7) is 3.16. The van der Waals surface area contributed by atoms with Gasteiger partial charge in [0.05, 0.1) is 0 Å². The topological polar surface area (TPSA) is 49.8 Å². The molecular formula is C9H13ClN4. The summed E-state index contributed by atoms with van der Waals surface area (Å²) >= 11 is 5.74. The van der Waals surface area contributed by atoms with Crippen LogP contribution in [0.15, 0.2) is 12.4 Å². The Labute approximate surface area is 88.1 Å². The fraction of sp³-hybridized carbons (Fsp3) is 0.556. The minimum absolute atomic E-state index is 0.479. The van der Waals surface area contributed by atoms with E-state index in [1.807, 2.05) is 0 Å². The average molecular weight is 213 g/mol. The number of hydrogen-bond donors (Lipinski definition) is 2. The van der Waals surface area contributed by atoms with Crippen molar-refractivity contribution in [1.29, 1.82) is 0 Å². The molecule has 1 saturated heterocycles. The summed E-state index contributed by atoms with van der Waals surface area (Å²) in [6.07, 6.45) is 2.70. The van der Waals surface area contributed by atoms with Gasteiger partial charge in [-0.15, -0.1) is 0 Å². The van der Waals surface area contributed by atoms with Crippen LogP contribution < -0.4 is 10.6 Å². The summed E-state index contributed by atoms with van der Waals surface area (Å²) in [6, 6.07) is 1.74. The van der Waals surface area contributed by atoms with Crippen LogP contribution in [0.2, 0.25) is 5.15 Å². The Morgan fingerprint density at radius 2 is 2.50 bits per heavy atom. The molecule has 2 N–H and O–H groups in total. The molecule has 76 valence electrons. The maximum atomic E-state index is 5.74. The lowest BCUT2D eigenvalue weighted by atomic mass is 10.1. The molecule has 1 fully saturated rings. The molecule has 0 bridgehead atoms. The molecule has 2 rings (SSSR count). The SMILES string of the molecule is Clc1cc(NC[C@H]2CCNC2)ncn1. The average Bonchev–Trinajstić information content (AvgIpc) is 2.67. The number of nitrogens with one attached hydrogen (secondary N) is 2. The largest absolute Gasteiger partial charge is 0.370 e. The summed E-state index contributed by atoms with van der Waals surface area (Å²) in [7, 11) is 0. The molecule has 1 aromatic rings. The lowest BCUT2D eigenvalue weighted by Crippen LogP contribution is -2.17. The minimum atomic E-state index is 0.479. The van der Waals surface area contributed by atoms with Gasteiger partial charge in [-0.05, 0) is 25.4 Å². The normalized spacial score (nSPS) is 21.1. The van der Waals surface area contributed by atoms with Crippen LogP contribution in [0, 0.1) is 5.92 Å². The second-order valence-electron chi connectivity index (χ2n) is 3.47. The minimum Gasteiger partial charge on any atom is -0.370 e. The Kier molecular flexibility index (Phi) is 3.16. The molecule has 0 amide bonds. The predicted molar refractivity (Wildman–Crippen MR) is 56.5 cm³/mol. The first-order valence-corrected chi connectivity index (χ1v) is 5.14. The number of anilines is 1. The second-order valence-corrected chi connectivity index (χ2v) is 3.85. The lowest BCUT2D eigenvalue weighted by Gasteiger charge is -2.09. The summed E-state index contributed by atoms with van der Waals surface area (Å²) in [5.74, 6) is 1.50. The van der Waals surface area contributed by atoms with Crippen LogP contribution in [0.1, 0.15) is 6.42 Å². The van der Waals surface area contributed by atoms with Crippen molar-refractivity contribution in [2.75, 3.05) is 25.0 Å². The van der Waals surface area contributed by atoms with E-state index in [9.17, 15) is 0 Å². The van der Waals surface area contributed by atoms with Gasteiger partial charge < -0.3 is 10.6 Å². The van der Waals surface area contributed by atoms with Crippen LogP contribution in [0.3, 0.4) is 0 Å². The van der Waals surface area contributed by atoms with Gasteiger partial charge >= 0.3 is 0 Å². The summed E-state index contributed by atoms with van der Waals surface area (Å²) in [5, 5.41) is 7.05. The molecule has 0 radical (unpaired) electrons. The standard InChI is InChI=1S/C9H13ClN4/c10-8-3-9(14-6-13-8)12-5-7-1-2-11-4-7/h3,6-7,11H,1-2,4-5H2,(H,12,13,14)/t7-/m0/s1. The highest BCUT2D eigenvalue weighted by atomic mass is 35.5.